The molecule has 2 aromatic carbocycles. The molecular weight excluding hydrogens is 341 g/mol. The van der Waals surface area contributed by atoms with Crippen molar-refractivity contribution in [2.75, 3.05) is 13.7 Å². The molecule has 0 atom stereocenters. The molecule has 6 nitrogen and oxygen atoms in total. The number of rotatable bonds is 6. The van der Waals surface area contributed by atoms with Crippen molar-refractivity contribution < 1.29 is 27.6 Å². The molecule has 0 fully saturated rings. The Morgan fingerprint density at radius 3 is 2.36 bits per heavy atom. The van der Waals surface area contributed by atoms with Crippen molar-refractivity contribution in [1.82, 2.24) is 5.32 Å². The molecule has 0 aliphatic rings. The maximum atomic E-state index is 13.7. The first-order chi connectivity index (χ1) is 11.8. The lowest BCUT2D eigenvalue weighted by atomic mass is 10.1. The topological polar surface area (TPSA) is 81.5 Å². The normalized spacial score (nSPS) is 10.4. The average molecular weight is 354 g/mol. The van der Waals surface area contributed by atoms with Crippen molar-refractivity contribution in [2.45, 2.75) is 6.42 Å². The van der Waals surface area contributed by atoms with Gasteiger partial charge in [-0.2, -0.15) is 4.39 Å². The Morgan fingerprint density at radius 2 is 1.80 bits per heavy atom. The average Bonchev–Trinajstić information content (AvgIpc) is 2.60. The van der Waals surface area contributed by atoms with Crippen molar-refractivity contribution in [1.29, 1.82) is 0 Å². The van der Waals surface area contributed by atoms with Crippen LogP contribution in [0.1, 0.15) is 15.9 Å². The first kappa shape index (κ1) is 18.2. The van der Waals surface area contributed by atoms with Crippen LogP contribution in [0.15, 0.2) is 30.3 Å². The van der Waals surface area contributed by atoms with Crippen molar-refractivity contribution in [2.24, 2.45) is 0 Å². The number of ether oxygens (including phenoxy) is 1. The highest BCUT2D eigenvalue weighted by Gasteiger charge is 2.28. The van der Waals surface area contributed by atoms with Gasteiger partial charge < -0.3 is 10.1 Å². The number of methoxy groups -OCH3 is 1. The zero-order valence-electron chi connectivity index (χ0n) is 13.0. The van der Waals surface area contributed by atoms with Crippen molar-refractivity contribution in [3.8, 4) is 5.75 Å². The van der Waals surface area contributed by atoms with E-state index in [0.717, 1.165) is 5.56 Å². The van der Waals surface area contributed by atoms with Gasteiger partial charge >= 0.3 is 5.69 Å². The monoisotopic (exact) mass is 354 g/mol. The van der Waals surface area contributed by atoms with E-state index in [2.05, 4.69) is 5.32 Å². The smallest absolute Gasteiger partial charge is 0.308 e. The summed E-state index contributed by atoms with van der Waals surface area (Å²) in [5.41, 5.74) is -1.39. The molecule has 0 aliphatic heterocycles. The number of nitro benzene ring substituents is 1. The maximum Gasteiger partial charge on any atom is 0.308 e. The fourth-order valence-corrected chi connectivity index (χ4v) is 2.10. The third-order valence-electron chi connectivity index (χ3n) is 3.43. The minimum atomic E-state index is -2.06. The third kappa shape index (κ3) is 4.06. The van der Waals surface area contributed by atoms with E-state index in [0.29, 0.717) is 18.2 Å². The Morgan fingerprint density at radius 1 is 1.16 bits per heavy atom. The molecule has 0 saturated heterocycles. The molecule has 2 aromatic rings. The number of benzene rings is 2. The number of hydrogen-bond acceptors (Lipinski definition) is 4. The summed E-state index contributed by atoms with van der Waals surface area (Å²) < 4.78 is 45.4. The molecule has 0 spiro atoms. The molecule has 1 N–H and O–H groups in total. The van der Waals surface area contributed by atoms with Crippen LogP contribution >= 0.6 is 0 Å². The van der Waals surface area contributed by atoms with Gasteiger partial charge in [0.15, 0.2) is 5.82 Å². The number of carbonyl (C=O) groups excluding carboxylic acids is 1. The molecule has 0 heterocycles. The summed E-state index contributed by atoms with van der Waals surface area (Å²) in [5.74, 6) is -6.20. The van der Waals surface area contributed by atoms with Crippen molar-refractivity contribution >= 4 is 11.6 Å². The molecule has 0 unspecified atom stereocenters. The summed E-state index contributed by atoms with van der Waals surface area (Å²) in [7, 11) is 1.52. The molecule has 0 radical (unpaired) electrons. The lowest BCUT2D eigenvalue weighted by molar-refractivity contribution is -0.387. The van der Waals surface area contributed by atoms with E-state index >= 15 is 0 Å². The standard InChI is InChI=1S/C16H13F3N2O4/c1-25-10-4-2-9(3-5-10)6-7-20-16(22)11-8-12(21(23)24)14(18)15(19)13(11)17/h2-5,8H,6-7H2,1H3,(H,20,22). The number of hydrogen-bond donors (Lipinski definition) is 1. The van der Waals surface area contributed by atoms with Gasteiger partial charge in [-0.15, -0.1) is 0 Å². The molecule has 0 saturated carbocycles. The summed E-state index contributed by atoms with van der Waals surface area (Å²) >= 11 is 0. The van der Waals surface area contributed by atoms with Crippen molar-refractivity contribution in [3.05, 3.63) is 69.0 Å². The Bertz CT molecular complexity index is 810. The third-order valence-corrected chi connectivity index (χ3v) is 3.43. The lowest BCUT2D eigenvalue weighted by Crippen LogP contribution is -2.27. The van der Waals surface area contributed by atoms with E-state index in [-0.39, 0.29) is 6.54 Å². The highest BCUT2D eigenvalue weighted by atomic mass is 19.2. The van der Waals surface area contributed by atoms with E-state index in [1.807, 2.05) is 0 Å². The quantitative estimate of drug-likeness (QED) is 0.491. The fourth-order valence-electron chi connectivity index (χ4n) is 2.10. The van der Waals surface area contributed by atoms with Gasteiger partial charge in [0.25, 0.3) is 5.91 Å². The van der Waals surface area contributed by atoms with Crippen LogP contribution in [0.3, 0.4) is 0 Å². The number of nitrogens with zero attached hydrogens (tertiary/aromatic N) is 1. The molecule has 0 aromatic heterocycles. The van der Waals surface area contributed by atoms with Crippen LogP contribution in [0.2, 0.25) is 0 Å². The van der Waals surface area contributed by atoms with Gasteiger partial charge in [-0.1, -0.05) is 12.1 Å². The number of amides is 1. The molecule has 25 heavy (non-hydrogen) atoms. The van der Waals surface area contributed by atoms with Gasteiger partial charge in [-0.05, 0) is 24.1 Å². The summed E-state index contributed by atoms with van der Waals surface area (Å²) in [6, 6.07) is 7.32. The second-order valence-corrected chi connectivity index (χ2v) is 5.00. The summed E-state index contributed by atoms with van der Waals surface area (Å²) in [6.45, 7) is 0.0669. The summed E-state index contributed by atoms with van der Waals surface area (Å²) in [6.07, 6.45) is 0.378. The highest BCUT2D eigenvalue weighted by Crippen LogP contribution is 2.25. The van der Waals surface area contributed by atoms with Crippen LogP contribution in [-0.2, 0) is 6.42 Å². The Balaban J connectivity index is 2.08. The Kier molecular flexibility index (Phi) is 5.58. The van der Waals surface area contributed by atoms with Crippen LogP contribution in [0.5, 0.6) is 5.75 Å². The summed E-state index contributed by atoms with van der Waals surface area (Å²) in [4.78, 5) is 21.3. The molecular formula is C16H13F3N2O4. The first-order valence-electron chi connectivity index (χ1n) is 7.08. The van der Waals surface area contributed by atoms with E-state index in [1.54, 1.807) is 24.3 Å². The number of nitro groups is 1. The molecule has 9 heteroatoms. The number of carbonyl (C=O) groups is 1. The van der Waals surface area contributed by atoms with Gasteiger partial charge in [0, 0.05) is 12.6 Å². The van der Waals surface area contributed by atoms with E-state index in [1.165, 1.54) is 7.11 Å². The predicted octanol–water partition coefficient (Wildman–Crippen LogP) is 2.99. The van der Waals surface area contributed by atoms with Crippen LogP contribution in [0.4, 0.5) is 18.9 Å². The number of nitrogens with one attached hydrogen (secondary N) is 1. The van der Waals surface area contributed by atoms with Gasteiger partial charge in [-0.25, -0.2) is 8.78 Å². The van der Waals surface area contributed by atoms with Crippen LogP contribution in [-0.4, -0.2) is 24.5 Å². The maximum absolute atomic E-state index is 13.7. The zero-order chi connectivity index (χ0) is 18.6. The van der Waals surface area contributed by atoms with E-state index in [4.69, 9.17) is 4.74 Å². The zero-order valence-corrected chi connectivity index (χ0v) is 13.0. The lowest BCUT2D eigenvalue weighted by Gasteiger charge is -2.08. The van der Waals surface area contributed by atoms with E-state index < -0.39 is 39.5 Å². The van der Waals surface area contributed by atoms with E-state index in [9.17, 15) is 28.1 Å². The van der Waals surface area contributed by atoms with Crippen LogP contribution in [0.25, 0.3) is 0 Å². The molecule has 2 rings (SSSR count). The highest BCUT2D eigenvalue weighted by molar-refractivity contribution is 5.95. The second kappa shape index (κ2) is 7.65. The molecule has 132 valence electrons. The molecule has 1 amide bonds. The fraction of sp³-hybridized carbons (Fsp3) is 0.188. The van der Waals surface area contributed by atoms with Gasteiger partial charge in [0.2, 0.25) is 11.6 Å². The van der Waals surface area contributed by atoms with Gasteiger partial charge in [0.1, 0.15) is 5.75 Å². The molecule has 0 aliphatic carbocycles. The SMILES string of the molecule is COc1ccc(CCNC(=O)c2cc([N+](=O)[O-])c(F)c(F)c2F)cc1. The minimum absolute atomic E-state index is 0.0669. The second-order valence-electron chi connectivity index (χ2n) is 5.00. The Hall–Kier alpha value is -3.10. The van der Waals surface area contributed by atoms with Crippen molar-refractivity contribution in [3.63, 3.8) is 0 Å². The predicted molar refractivity (Wildman–Crippen MR) is 82.0 cm³/mol. The minimum Gasteiger partial charge on any atom is -0.497 e. The Labute approximate surface area is 140 Å². The molecule has 0 bridgehead atoms. The van der Waals surface area contributed by atoms with Gasteiger partial charge in [-0.3, -0.25) is 14.9 Å². The number of halogens is 3. The largest absolute Gasteiger partial charge is 0.497 e. The van der Waals surface area contributed by atoms with Crippen LogP contribution in [0, 0.1) is 27.6 Å². The first-order valence-corrected chi connectivity index (χ1v) is 7.08. The van der Waals surface area contributed by atoms with Gasteiger partial charge in [0.05, 0.1) is 17.6 Å². The van der Waals surface area contributed by atoms with Crippen LogP contribution < -0.4 is 10.1 Å². The summed E-state index contributed by atoms with van der Waals surface area (Å²) in [5, 5.41) is 13.0.